The Labute approximate surface area is 137 Å². The van der Waals surface area contributed by atoms with Crippen molar-refractivity contribution in [2.24, 2.45) is 0 Å². The SMILES string of the molecule is CCc1ccc(C(=O)NC(=S)Nc2ccc(Br)cc2)cc1. The topological polar surface area (TPSA) is 41.1 Å². The molecule has 0 atom stereocenters. The van der Waals surface area contributed by atoms with Crippen LogP contribution in [-0.4, -0.2) is 11.0 Å². The summed E-state index contributed by atoms with van der Waals surface area (Å²) >= 11 is 8.50. The van der Waals surface area contributed by atoms with Crippen LogP contribution in [-0.2, 0) is 6.42 Å². The smallest absolute Gasteiger partial charge is 0.257 e. The molecule has 0 aliphatic carbocycles. The van der Waals surface area contributed by atoms with Crippen LogP contribution in [0.25, 0.3) is 0 Å². The van der Waals surface area contributed by atoms with Crippen LogP contribution in [0.2, 0.25) is 0 Å². The average Bonchev–Trinajstić information content (AvgIpc) is 2.49. The number of carbonyl (C=O) groups excluding carboxylic acids is 1. The summed E-state index contributed by atoms with van der Waals surface area (Å²) in [6.07, 6.45) is 0.950. The largest absolute Gasteiger partial charge is 0.332 e. The molecule has 0 aromatic heterocycles. The van der Waals surface area contributed by atoms with Gasteiger partial charge in [-0.15, -0.1) is 0 Å². The summed E-state index contributed by atoms with van der Waals surface area (Å²) in [6.45, 7) is 2.08. The molecule has 0 heterocycles. The predicted octanol–water partition coefficient (Wildman–Crippen LogP) is 4.14. The molecule has 0 spiro atoms. The molecule has 0 saturated carbocycles. The second-order valence-electron chi connectivity index (χ2n) is 4.47. The normalized spacial score (nSPS) is 10.0. The Morgan fingerprint density at radius 3 is 2.29 bits per heavy atom. The zero-order chi connectivity index (χ0) is 15.2. The van der Waals surface area contributed by atoms with Gasteiger partial charge >= 0.3 is 0 Å². The number of hydrogen-bond acceptors (Lipinski definition) is 2. The summed E-state index contributed by atoms with van der Waals surface area (Å²) < 4.78 is 0.985. The number of hydrogen-bond donors (Lipinski definition) is 2. The van der Waals surface area contributed by atoms with Crippen molar-refractivity contribution in [1.29, 1.82) is 0 Å². The summed E-state index contributed by atoms with van der Waals surface area (Å²) in [4.78, 5) is 12.1. The van der Waals surface area contributed by atoms with E-state index in [-0.39, 0.29) is 11.0 Å². The molecule has 0 fully saturated rings. The van der Waals surface area contributed by atoms with Gasteiger partial charge in [0.05, 0.1) is 0 Å². The average molecular weight is 363 g/mol. The summed E-state index contributed by atoms with van der Waals surface area (Å²) in [5, 5.41) is 5.92. The fourth-order valence-corrected chi connectivity index (χ4v) is 2.24. The zero-order valence-corrected chi connectivity index (χ0v) is 13.9. The van der Waals surface area contributed by atoms with E-state index in [9.17, 15) is 4.79 Å². The van der Waals surface area contributed by atoms with Gasteiger partial charge < -0.3 is 5.32 Å². The van der Waals surface area contributed by atoms with Crippen molar-refractivity contribution in [3.63, 3.8) is 0 Å². The Hall–Kier alpha value is -1.72. The first kappa shape index (κ1) is 15.7. The number of anilines is 1. The second-order valence-corrected chi connectivity index (χ2v) is 5.79. The Balaban J connectivity index is 1.95. The molecule has 2 aromatic rings. The van der Waals surface area contributed by atoms with Crippen molar-refractivity contribution >= 4 is 44.9 Å². The van der Waals surface area contributed by atoms with Crippen molar-refractivity contribution < 1.29 is 4.79 Å². The summed E-state index contributed by atoms with van der Waals surface area (Å²) in [5.74, 6) is -0.215. The van der Waals surface area contributed by atoms with E-state index in [1.165, 1.54) is 5.56 Å². The number of amides is 1. The van der Waals surface area contributed by atoms with Crippen LogP contribution in [0.15, 0.2) is 53.0 Å². The lowest BCUT2D eigenvalue weighted by Gasteiger charge is -2.10. The summed E-state index contributed by atoms with van der Waals surface area (Å²) in [5.41, 5.74) is 2.61. The van der Waals surface area contributed by atoms with Gasteiger partial charge in [-0.3, -0.25) is 10.1 Å². The quantitative estimate of drug-likeness (QED) is 0.806. The zero-order valence-electron chi connectivity index (χ0n) is 11.5. The van der Waals surface area contributed by atoms with Gasteiger partial charge in [-0.25, -0.2) is 0 Å². The monoisotopic (exact) mass is 362 g/mol. The number of aryl methyl sites for hydroxylation is 1. The minimum absolute atomic E-state index is 0.215. The predicted molar refractivity (Wildman–Crippen MR) is 93.6 cm³/mol. The lowest BCUT2D eigenvalue weighted by atomic mass is 10.1. The van der Waals surface area contributed by atoms with Crippen LogP contribution in [0.5, 0.6) is 0 Å². The molecule has 3 nitrogen and oxygen atoms in total. The van der Waals surface area contributed by atoms with Crippen molar-refractivity contribution in [2.75, 3.05) is 5.32 Å². The maximum atomic E-state index is 12.1. The molecule has 5 heteroatoms. The van der Waals surface area contributed by atoms with Crippen molar-refractivity contribution in [2.45, 2.75) is 13.3 Å². The van der Waals surface area contributed by atoms with Crippen LogP contribution >= 0.6 is 28.1 Å². The number of halogens is 1. The molecule has 2 aromatic carbocycles. The van der Waals surface area contributed by atoms with E-state index >= 15 is 0 Å². The molecular weight excluding hydrogens is 348 g/mol. The first-order valence-electron chi connectivity index (χ1n) is 6.55. The van der Waals surface area contributed by atoms with Gasteiger partial charge in [0.2, 0.25) is 0 Å². The van der Waals surface area contributed by atoms with E-state index in [4.69, 9.17) is 12.2 Å². The summed E-state index contributed by atoms with van der Waals surface area (Å²) in [7, 11) is 0. The Bertz CT molecular complexity index is 638. The molecule has 0 bridgehead atoms. The van der Waals surface area contributed by atoms with E-state index in [0.29, 0.717) is 5.56 Å². The van der Waals surface area contributed by atoms with Crippen molar-refractivity contribution in [1.82, 2.24) is 5.32 Å². The van der Waals surface area contributed by atoms with Crippen LogP contribution < -0.4 is 10.6 Å². The Morgan fingerprint density at radius 1 is 1.10 bits per heavy atom. The first-order valence-corrected chi connectivity index (χ1v) is 7.75. The van der Waals surface area contributed by atoms with Gasteiger partial charge in [0.1, 0.15) is 0 Å². The number of carbonyl (C=O) groups is 1. The second kappa shape index (κ2) is 7.33. The first-order chi connectivity index (χ1) is 10.1. The lowest BCUT2D eigenvalue weighted by molar-refractivity contribution is 0.0977. The molecule has 21 heavy (non-hydrogen) atoms. The standard InChI is InChI=1S/C16H15BrN2OS/c1-2-11-3-5-12(6-4-11)15(20)19-16(21)18-14-9-7-13(17)8-10-14/h3-10H,2H2,1H3,(H2,18,19,20,21). The van der Waals surface area contributed by atoms with Gasteiger partial charge in [0, 0.05) is 15.7 Å². The minimum atomic E-state index is -0.215. The van der Waals surface area contributed by atoms with Gasteiger partial charge in [-0.2, -0.15) is 0 Å². The third-order valence-corrected chi connectivity index (χ3v) is 3.69. The lowest BCUT2D eigenvalue weighted by Crippen LogP contribution is -2.34. The van der Waals surface area contributed by atoms with E-state index in [1.807, 2.05) is 36.4 Å². The van der Waals surface area contributed by atoms with Crippen molar-refractivity contribution in [3.05, 3.63) is 64.1 Å². The molecular formula is C16H15BrN2OS. The Kier molecular flexibility index (Phi) is 5.47. The minimum Gasteiger partial charge on any atom is -0.332 e. The maximum absolute atomic E-state index is 12.1. The molecule has 2 rings (SSSR count). The molecule has 0 saturated heterocycles. The molecule has 0 unspecified atom stereocenters. The van der Waals surface area contributed by atoms with E-state index in [2.05, 4.69) is 33.5 Å². The van der Waals surface area contributed by atoms with Crippen LogP contribution in [0.4, 0.5) is 5.69 Å². The number of benzene rings is 2. The number of thiocarbonyl (C=S) groups is 1. The maximum Gasteiger partial charge on any atom is 0.257 e. The number of rotatable bonds is 3. The fraction of sp³-hybridized carbons (Fsp3) is 0.125. The van der Waals surface area contributed by atoms with E-state index in [1.54, 1.807) is 12.1 Å². The molecule has 0 radical (unpaired) electrons. The van der Waals surface area contributed by atoms with Crippen LogP contribution in [0.3, 0.4) is 0 Å². The molecule has 0 aliphatic rings. The number of nitrogens with one attached hydrogen (secondary N) is 2. The molecule has 1 amide bonds. The van der Waals surface area contributed by atoms with Gasteiger partial charge in [-0.1, -0.05) is 35.0 Å². The highest BCUT2D eigenvalue weighted by Crippen LogP contribution is 2.14. The van der Waals surface area contributed by atoms with Crippen LogP contribution in [0.1, 0.15) is 22.8 Å². The fourth-order valence-electron chi connectivity index (χ4n) is 1.76. The van der Waals surface area contributed by atoms with E-state index < -0.39 is 0 Å². The van der Waals surface area contributed by atoms with Gasteiger partial charge in [0.25, 0.3) is 5.91 Å². The van der Waals surface area contributed by atoms with Crippen LogP contribution in [0, 0.1) is 0 Å². The molecule has 108 valence electrons. The molecule has 2 N–H and O–H groups in total. The molecule has 0 aliphatic heterocycles. The highest BCUT2D eigenvalue weighted by molar-refractivity contribution is 9.10. The summed E-state index contributed by atoms with van der Waals surface area (Å²) in [6, 6.07) is 15.0. The third-order valence-electron chi connectivity index (χ3n) is 2.95. The highest BCUT2D eigenvalue weighted by Gasteiger charge is 2.07. The highest BCUT2D eigenvalue weighted by atomic mass is 79.9. The van der Waals surface area contributed by atoms with Gasteiger partial charge in [0.15, 0.2) is 5.11 Å². The third kappa shape index (κ3) is 4.65. The Morgan fingerprint density at radius 2 is 1.71 bits per heavy atom. The van der Waals surface area contributed by atoms with Crippen molar-refractivity contribution in [3.8, 4) is 0 Å². The van der Waals surface area contributed by atoms with Gasteiger partial charge in [-0.05, 0) is 60.6 Å². The van der Waals surface area contributed by atoms with E-state index in [0.717, 1.165) is 16.6 Å².